The fourth-order valence-corrected chi connectivity index (χ4v) is 4.63. The molecule has 0 aliphatic heterocycles. The van der Waals surface area contributed by atoms with E-state index in [2.05, 4.69) is 5.32 Å². The van der Waals surface area contributed by atoms with E-state index in [-0.39, 0.29) is 23.3 Å². The zero-order chi connectivity index (χ0) is 19.6. The Balaban J connectivity index is 1.92. The average molecular weight is 387 g/mol. The third-order valence-corrected chi connectivity index (χ3v) is 7.03. The highest BCUT2D eigenvalue weighted by molar-refractivity contribution is 7.91. The standard InChI is InChI=1S/C21H26N2O3S/c1-15-4-12-19(13-5-15)27(25,26)20(14-22-21(24)17-6-7-17)16-8-10-18(11-9-16)23(2)3/h4-5,8-13,17,20H,6-7,14H2,1-3H3,(H,22,24)/t20-/m0/s1. The second kappa shape index (κ2) is 7.72. The number of sulfone groups is 1. The Labute approximate surface area is 161 Å². The van der Waals surface area contributed by atoms with Gasteiger partial charge in [-0.05, 0) is 49.6 Å². The Kier molecular flexibility index (Phi) is 5.56. The second-order valence-electron chi connectivity index (χ2n) is 7.35. The van der Waals surface area contributed by atoms with Gasteiger partial charge in [0, 0.05) is 32.2 Å². The molecule has 144 valence electrons. The SMILES string of the molecule is Cc1ccc(S(=O)(=O)[C@@H](CNC(=O)C2CC2)c2ccc(N(C)C)cc2)cc1. The van der Waals surface area contributed by atoms with Crippen molar-refractivity contribution in [1.82, 2.24) is 5.32 Å². The molecule has 2 aromatic carbocycles. The van der Waals surface area contributed by atoms with Gasteiger partial charge >= 0.3 is 0 Å². The number of carbonyl (C=O) groups excluding carboxylic acids is 1. The number of amides is 1. The van der Waals surface area contributed by atoms with Crippen molar-refractivity contribution < 1.29 is 13.2 Å². The lowest BCUT2D eigenvalue weighted by Gasteiger charge is -2.20. The van der Waals surface area contributed by atoms with E-state index in [9.17, 15) is 13.2 Å². The van der Waals surface area contributed by atoms with Gasteiger partial charge in [0.2, 0.25) is 5.91 Å². The molecule has 1 N–H and O–H groups in total. The van der Waals surface area contributed by atoms with Crippen LogP contribution in [0.15, 0.2) is 53.4 Å². The van der Waals surface area contributed by atoms with Crippen molar-refractivity contribution in [2.24, 2.45) is 5.92 Å². The average Bonchev–Trinajstić information content (AvgIpc) is 3.47. The van der Waals surface area contributed by atoms with Gasteiger partial charge in [0.15, 0.2) is 9.84 Å². The first-order valence-corrected chi connectivity index (χ1v) is 10.7. The van der Waals surface area contributed by atoms with Gasteiger partial charge in [-0.2, -0.15) is 0 Å². The third-order valence-electron chi connectivity index (χ3n) is 4.92. The first-order chi connectivity index (χ1) is 12.8. The van der Waals surface area contributed by atoms with E-state index in [1.807, 2.05) is 50.2 Å². The van der Waals surface area contributed by atoms with E-state index in [1.54, 1.807) is 24.3 Å². The Bertz CT molecular complexity index is 899. The van der Waals surface area contributed by atoms with Crippen LogP contribution in [0.25, 0.3) is 0 Å². The molecule has 6 heteroatoms. The van der Waals surface area contributed by atoms with Gasteiger partial charge in [0.1, 0.15) is 5.25 Å². The molecule has 2 aromatic rings. The summed E-state index contributed by atoms with van der Waals surface area (Å²) in [5.41, 5.74) is 2.67. The maximum absolute atomic E-state index is 13.3. The first-order valence-electron chi connectivity index (χ1n) is 9.14. The second-order valence-corrected chi connectivity index (χ2v) is 9.48. The van der Waals surface area contributed by atoms with E-state index >= 15 is 0 Å². The maximum atomic E-state index is 13.3. The Morgan fingerprint density at radius 2 is 1.67 bits per heavy atom. The Hall–Kier alpha value is -2.34. The molecule has 1 aliphatic carbocycles. The molecule has 1 saturated carbocycles. The summed E-state index contributed by atoms with van der Waals surface area (Å²) in [6.07, 6.45) is 1.78. The number of hydrogen-bond donors (Lipinski definition) is 1. The summed E-state index contributed by atoms with van der Waals surface area (Å²) in [6.45, 7) is 2.00. The molecule has 0 bridgehead atoms. The summed E-state index contributed by atoms with van der Waals surface area (Å²) in [6, 6.07) is 14.3. The van der Waals surface area contributed by atoms with Crippen molar-refractivity contribution in [2.75, 3.05) is 25.5 Å². The molecule has 0 radical (unpaired) electrons. The van der Waals surface area contributed by atoms with Gasteiger partial charge in [0.05, 0.1) is 4.90 Å². The lowest BCUT2D eigenvalue weighted by molar-refractivity contribution is -0.122. The fourth-order valence-electron chi connectivity index (χ4n) is 2.97. The summed E-state index contributed by atoms with van der Waals surface area (Å²) in [4.78, 5) is 14.3. The predicted octanol–water partition coefficient (Wildman–Crippen LogP) is 3.10. The van der Waals surface area contributed by atoms with Crippen molar-refractivity contribution in [3.8, 4) is 0 Å². The minimum Gasteiger partial charge on any atom is -0.378 e. The van der Waals surface area contributed by atoms with Crippen molar-refractivity contribution in [3.63, 3.8) is 0 Å². The molecule has 0 spiro atoms. The molecule has 0 saturated heterocycles. The van der Waals surface area contributed by atoms with Crippen LogP contribution in [0.3, 0.4) is 0 Å². The molecular weight excluding hydrogens is 360 g/mol. The van der Waals surface area contributed by atoms with E-state index in [0.717, 1.165) is 24.1 Å². The molecule has 1 aliphatic rings. The summed E-state index contributed by atoms with van der Waals surface area (Å²) in [5, 5.41) is 2.02. The number of rotatable bonds is 7. The summed E-state index contributed by atoms with van der Waals surface area (Å²) < 4.78 is 26.6. The van der Waals surface area contributed by atoms with Crippen molar-refractivity contribution >= 4 is 21.4 Å². The van der Waals surface area contributed by atoms with Gasteiger partial charge in [-0.25, -0.2) is 8.42 Å². The zero-order valence-electron chi connectivity index (χ0n) is 16.0. The molecule has 0 unspecified atom stereocenters. The highest BCUT2D eigenvalue weighted by atomic mass is 32.2. The van der Waals surface area contributed by atoms with Crippen molar-refractivity contribution in [1.29, 1.82) is 0 Å². The fraction of sp³-hybridized carbons (Fsp3) is 0.381. The van der Waals surface area contributed by atoms with Crippen LogP contribution in [0.1, 0.15) is 29.2 Å². The number of benzene rings is 2. The van der Waals surface area contributed by atoms with E-state index in [4.69, 9.17) is 0 Å². The minimum atomic E-state index is -3.63. The molecule has 0 heterocycles. The predicted molar refractivity (Wildman–Crippen MR) is 108 cm³/mol. The molecular formula is C21H26N2O3S. The van der Waals surface area contributed by atoms with Gasteiger partial charge in [-0.1, -0.05) is 29.8 Å². The van der Waals surface area contributed by atoms with E-state index in [1.165, 1.54) is 0 Å². The molecule has 0 aromatic heterocycles. The molecule has 3 rings (SSSR count). The number of aryl methyl sites for hydroxylation is 1. The van der Waals surface area contributed by atoms with Crippen LogP contribution in [-0.4, -0.2) is 35.0 Å². The van der Waals surface area contributed by atoms with Crippen LogP contribution in [0.5, 0.6) is 0 Å². The largest absolute Gasteiger partial charge is 0.378 e. The van der Waals surface area contributed by atoms with Crippen molar-refractivity contribution in [3.05, 3.63) is 59.7 Å². The minimum absolute atomic E-state index is 0.0452. The topological polar surface area (TPSA) is 66.5 Å². The van der Waals surface area contributed by atoms with Gasteiger partial charge < -0.3 is 10.2 Å². The van der Waals surface area contributed by atoms with Crippen molar-refractivity contribution in [2.45, 2.75) is 29.9 Å². The smallest absolute Gasteiger partial charge is 0.223 e. The highest BCUT2D eigenvalue weighted by Gasteiger charge is 2.33. The summed E-state index contributed by atoms with van der Waals surface area (Å²) >= 11 is 0. The lowest BCUT2D eigenvalue weighted by atomic mass is 10.1. The van der Waals surface area contributed by atoms with Gasteiger partial charge in [0.25, 0.3) is 0 Å². The van der Waals surface area contributed by atoms with Crippen LogP contribution in [0, 0.1) is 12.8 Å². The third kappa shape index (κ3) is 4.50. The van der Waals surface area contributed by atoms with Gasteiger partial charge in [-0.3, -0.25) is 4.79 Å². The van der Waals surface area contributed by atoms with Crippen LogP contribution in [-0.2, 0) is 14.6 Å². The maximum Gasteiger partial charge on any atom is 0.223 e. The van der Waals surface area contributed by atoms with Crippen LogP contribution in [0.4, 0.5) is 5.69 Å². The number of carbonyl (C=O) groups is 1. The summed E-state index contributed by atoms with van der Waals surface area (Å²) in [5.74, 6) is -0.00661. The van der Waals surface area contributed by atoms with Crippen LogP contribution < -0.4 is 10.2 Å². The number of hydrogen-bond acceptors (Lipinski definition) is 4. The molecule has 27 heavy (non-hydrogen) atoms. The molecule has 1 fully saturated rings. The van der Waals surface area contributed by atoms with E-state index < -0.39 is 15.1 Å². The molecule has 1 atom stereocenters. The number of anilines is 1. The van der Waals surface area contributed by atoms with Crippen LogP contribution in [0.2, 0.25) is 0 Å². The van der Waals surface area contributed by atoms with Gasteiger partial charge in [-0.15, -0.1) is 0 Å². The highest BCUT2D eigenvalue weighted by Crippen LogP contribution is 2.32. The first kappa shape index (κ1) is 19.4. The monoisotopic (exact) mass is 386 g/mol. The van der Waals surface area contributed by atoms with Crippen LogP contribution >= 0.6 is 0 Å². The summed E-state index contributed by atoms with van der Waals surface area (Å²) in [7, 11) is 0.239. The molecule has 5 nitrogen and oxygen atoms in total. The Morgan fingerprint density at radius 1 is 1.07 bits per heavy atom. The molecule has 1 amide bonds. The normalized spacial score (nSPS) is 15.2. The van der Waals surface area contributed by atoms with E-state index in [0.29, 0.717) is 5.56 Å². The Morgan fingerprint density at radius 3 is 2.19 bits per heavy atom. The number of nitrogens with zero attached hydrogens (tertiary/aromatic N) is 1. The quantitative estimate of drug-likeness (QED) is 0.794. The number of nitrogens with one attached hydrogen (secondary N) is 1. The lowest BCUT2D eigenvalue weighted by Crippen LogP contribution is -2.32. The zero-order valence-corrected chi connectivity index (χ0v) is 16.8.